The van der Waals surface area contributed by atoms with E-state index in [-0.39, 0.29) is 11.9 Å². The summed E-state index contributed by atoms with van der Waals surface area (Å²) >= 11 is 0. The molecular weight excluding hydrogens is 256 g/mol. The van der Waals surface area contributed by atoms with Gasteiger partial charge >= 0.3 is 6.03 Å². The Hall–Kier alpha value is -1.30. The Labute approximate surface area is 121 Å². The van der Waals surface area contributed by atoms with Crippen molar-refractivity contribution in [3.63, 3.8) is 0 Å². The highest BCUT2D eigenvalue weighted by Crippen LogP contribution is 2.20. The Morgan fingerprint density at radius 3 is 2.40 bits per heavy atom. The van der Waals surface area contributed by atoms with Gasteiger partial charge in [-0.3, -0.25) is 4.79 Å². The molecule has 6 nitrogen and oxygen atoms in total. The Kier molecular flexibility index (Phi) is 6.78. The number of nitrogens with zero attached hydrogens (tertiary/aromatic N) is 1. The van der Waals surface area contributed by atoms with Crippen molar-refractivity contribution < 1.29 is 9.59 Å². The lowest BCUT2D eigenvalue weighted by Crippen LogP contribution is -2.52. The largest absolute Gasteiger partial charge is 0.352 e. The van der Waals surface area contributed by atoms with Gasteiger partial charge in [-0.25, -0.2) is 4.79 Å². The second-order valence-electron chi connectivity index (χ2n) is 5.73. The van der Waals surface area contributed by atoms with E-state index in [1.165, 1.54) is 0 Å². The third-order valence-corrected chi connectivity index (χ3v) is 4.06. The van der Waals surface area contributed by atoms with E-state index < -0.39 is 12.1 Å². The third-order valence-electron chi connectivity index (χ3n) is 4.06. The third kappa shape index (κ3) is 5.00. The highest BCUT2D eigenvalue weighted by Gasteiger charge is 2.29. The summed E-state index contributed by atoms with van der Waals surface area (Å²) in [5.41, 5.74) is 11.1. The molecule has 1 saturated heterocycles. The van der Waals surface area contributed by atoms with Crippen LogP contribution in [0.4, 0.5) is 4.79 Å². The maximum absolute atomic E-state index is 12.4. The molecule has 1 aliphatic heterocycles. The van der Waals surface area contributed by atoms with Crippen LogP contribution in [0.15, 0.2) is 0 Å². The van der Waals surface area contributed by atoms with Crippen molar-refractivity contribution in [2.45, 2.75) is 58.0 Å². The summed E-state index contributed by atoms with van der Waals surface area (Å²) in [6.45, 7) is 5.50. The first-order chi connectivity index (χ1) is 9.45. The lowest BCUT2D eigenvalue weighted by atomic mass is 9.90. The van der Waals surface area contributed by atoms with Gasteiger partial charge < -0.3 is 21.7 Å². The fourth-order valence-corrected chi connectivity index (χ4v) is 2.70. The molecule has 0 saturated carbocycles. The number of carbonyl (C=O) groups is 2. The number of nitrogens with two attached hydrogens (primary N) is 2. The maximum atomic E-state index is 12.4. The van der Waals surface area contributed by atoms with Gasteiger partial charge in [-0.05, 0) is 32.1 Å². The van der Waals surface area contributed by atoms with Crippen molar-refractivity contribution in [3.8, 4) is 0 Å². The van der Waals surface area contributed by atoms with Gasteiger partial charge in [-0.2, -0.15) is 0 Å². The molecule has 6 heteroatoms. The van der Waals surface area contributed by atoms with E-state index in [4.69, 9.17) is 11.5 Å². The predicted octanol–water partition coefficient (Wildman–Crippen LogP) is 0.799. The van der Waals surface area contributed by atoms with Crippen LogP contribution in [0.25, 0.3) is 0 Å². The van der Waals surface area contributed by atoms with Crippen LogP contribution in [0, 0.1) is 5.92 Å². The van der Waals surface area contributed by atoms with Gasteiger partial charge in [0, 0.05) is 19.1 Å². The fraction of sp³-hybridized carbons (Fsp3) is 0.857. The van der Waals surface area contributed by atoms with Crippen LogP contribution in [0.3, 0.4) is 0 Å². The zero-order chi connectivity index (χ0) is 15.1. The van der Waals surface area contributed by atoms with Gasteiger partial charge in [-0.1, -0.05) is 19.8 Å². The van der Waals surface area contributed by atoms with Crippen LogP contribution in [-0.2, 0) is 4.79 Å². The number of primary amides is 1. The minimum atomic E-state index is -0.634. The van der Waals surface area contributed by atoms with E-state index in [1.54, 1.807) is 0 Å². The second kappa shape index (κ2) is 8.09. The zero-order valence-corrected chi connectivity index (χ0v) is 12.6. The van der Waals surface area contributed by atoms with E-state index in [0.717, 1.165) is 25.7 Å². The predicted molar refractivity (Wildman–Crippen MR) is 79.0 cm³/mol. The van der Waals surface area contributed by atoms with E-state index in [2.05, 4.69) is 12.2 Å². The SMILES string of the molecule is CCCCC(NC(N)=O)C(=O)N1CCC(C(C)N)CC1. The fourth-order valence-electron chi connectivity index (χ4n) is 2.70. The van der Waals surface area contributed by atoms with E-state index in [0.29, 0.717) is 25.4 Å². The molecule has 1 aliphatic rings. The van der Waals surface area contributed by atoms with Gasteiger partial charge in [0.1, 0.15) is 6.04 Å². The average molecular weight is 284 g/mol. The number of urea groups is 1. The number of nitrogens with one attached hydrogen (secondary N) is 1. The molecule has 1 rings (SSSR count). The first-order valence-corrected chi connectivity index (χ1v) is 7.56. The summed E-state index contributed by atoms with van der Waals surface area (Å²) in [7, 11) is 0. The molecule has 116 valence electrons. The van der Waals surface area contributed by atoms with Crippen LogP contribution in [0.5, 0.6) is 0 Å². The lowest BCUT2D eigenvalue weighted by molar-refractivity contribution is -0.134. The molecule has 0 aliphatic carbocycles. The quantitative estimate of drug-likeness (QED) is 0.672. The lowest BCUT2D eigenvalue weighted by Gasteiger charge is -2.35. The minimum Gasteiger partial charge on any atom is -0.352 e. The molecule has 0 spiro atoms. The van der Waals surface area contributed by atoms with Crippen LogP contribution in [0.1, 0.15) is 46.0 Å². The summed E-state index contributed by atoms with van der Waals surface area (Å²) in [5.74, 6) is 0.470. The van der Waals surface area contributed by atoms with Crippen LogP contribution in [0.2, 0.25) is 0 Å². The number of unbranched alkanes of at least 4 members (excludes halogenated alkanes) is 1. The number of likely N-dealkylation sites (tertiary alicyclic amines) is 1. The van der Waals surface area contributed by atoms with Gasteiger partial charge in [0.05, 0.1) is 0 Å². The number of carbonyl (C=O) groups excluding carboxylic acids is 2. The van der Waals surface area contributed by atoms with Crippen molar-refractivity contribution >= 4 is 11.9 Å². The normalized spacial score (nSPS) is 19.4. The Morgan fingerprint density at radius 1 is 1.35 bits per heavy atom. The first-order valence-electron chi connectivity index (χ1n) is 7.56. The summed E-state index contributed by atoms with van der Waals surface area (Å²) in [6.07, 6.45) is 4.39. The Balaban J connectivity index is 2.54. The molecule has 0 aromatic rings. The zero-order valence-electron chi connectivity index (χ0n) is 12.6. The number of rotatable bonds is 6. The van der Waals surface area contributed by atoms with E-state index >= 15 is 0 Å². The molecule has 1 fully saturated rings. The monoisotopic (exact) mass is 284 g/mol. The van der Waals surface area contributed by atoms with E-state index in [1.807, 2.05) is 11.8 Å². The first kappa shape index (κ1) is 16.8. The van der Waals surface area contributed by atoms with Crippen molar-refractivity contribution in [1.82, 2.24) is 10.2 Å². The summed E-state index contributed by atoms with van der Waals surface area (Å²) in [6, 6.07) is -0.948. The highest BCUT2D eigenvalue weighted by molar-refractivity contribution is 5.86. The average Bonchev–Trinajstić information content (AvgIpc) is 2.42. The molecule has 2 atom stereocenters. The molecule has 2 unspecified atom stereocenters. The minimum absolute atomic E-state index is 0.0135. The van der Waals surface area contributed by atoms with Gasteiger partial charge in [-0.15, -0.1) is 0 Å². The van der Waals surface area contributed by atoms with Crippen molar-refractivity contribution in [2.75, 3.05) is 13.1 Å². The van der Waals surface area contributed by atoms with Gasteiger partial charge in [0.25, 0.3) is 0 Å². The molecule has 1 heterocycles. The van der Waals surface area contributed by atoms with Crippen molar-refractivity contribution in [3.05, 3.63) is 0 Å². The Morgan fingerprint density at radius 2 is 1.95 bits per heavy atom. The number of hydrogen-bond acceptors (Lipinski definition) is 3. The number of piperidine rings is 1. The molecule has 20 heavy (non-hydrogen) atoms. The second-order valence-corrected chi connectivity index (χ2v) is 5.73. The molecule has 0 aromatic heterocycles. The molecule has 3 amide bonds. The van der Waals surface area contributed by atoms with E-state index in [9.17, 15) is 9.59 Å². The highest BCUT2D eigenvalue weighted by atomic mass is 16.2. The molecular formula is C14H28N4O2. The van der Waals surface area contributed by atoms with Crippen molar-refractivity contribution in [1.29, 1.82) is 0 Å². The Bertz CT molecular complexity index is 325. The standard InChI is InChI=1S/C14H28N4O2/c1-3-4-5-12(17-14(16)20)13(19)18-8-6-11(7-9-18)10(2)15/h10-12H,3-9,15H2,1-2H3,(H3,16,17,20). The van der Waals surface area contributed by atoms with Gasteiger partial charge in [0.15, 0.2) is 0 Å². The molecule has 0 bridgehead atoms. The summed E-state index contributed by atoms with van der Waals surface area (Å²) in [5, 5.41) is 2.57. The van der Waals surface area contributed by atoms with Crippen molar-refractivity contribution in [2.24, 2.45) is 17.4 Å². The molecule has 5 N–H and O–H groups in total. The maximum Gasteiger partial charge on any atom is 0.312 e. The van der Waals surface area contributed by atoms with Crippen LogP contribution < -0.4 is 16.8 Å². The van der Waals surface area contributed by atoms with Gasteiger partial charge in [0.2, 0.25) is 5.91 Å². The summed E-state index contributed by atoms with van der Waals surface area (Å²) in [4.78, 5) is 25.3. The molecule has 0 radical (unpaired) electrons. The summed E-state index contributed by atoms with van der Waals surface area (Å²) < 4.78 is 0. The number of hydrogen-bond donors (Lipinski definition) is 3. The number of amides is 3. The smallest absolute Gasteiger partial charge is 0.312 e. The van der Waals surface area contributed by atoms with Crippen LogP contribution in [-0.4, -0.2) is 42.0 Å². The molecule has 0 aromatic carbocycles. The van der Waals surface area contributed by atoms with Crippen LogP contribution >= 0.6 is 0 Å². The topological polar surface area (TPSA) is 101 Å².